The molecule has 1 rings (SSSR count). The Bertz CT molecular complexity index is 203. The van der Waals surface area contributed by atoms with E-state index >= 15 is 0 Å². The summed E-state index contributed by atoms with van der Waals surface area (Å²) in [5.74, 6) is -0.0341. The summed E-state index contributed by atoms with van der Waals surface area (Å²) in [6.45, 7) is 4.42. The van der Waals surface area contributed by atoms with Gasteiger partial charge in [0.15, 0.2) is 0 Å². The Labute approximate surface area is 90.2 Å². The summed E-state index contributed by atoms with van der Waals surface area (Å²) >= 11 is 0. The molecular formula is C10H20N2O3. The lowest BCUT2D eigenvalue weighted by Gasteiger charge is -2.32. The molecule has 1 aliphatic rings. The number of hydrogen-bond donors (Lipinski definition) is 3. The van der Waals surface area contributed by atoms with E-state index < -0.39 is 5.60 Å². The Kier molecular flexibility index (Phi) is 5.01. The average Bonchev–Trinajstić information content (AvgIpc) is 2.19. The second-order valence-corrected chi connectivity index (χ2v) is 3.89. The number of nitrogens with one attached hydrogen (secondary N) is 2. The van der Waals surface area contributed by atoms with Gasteiger partial charge in [-0.1, -0.05) is 0 Å². The van der Waals surface area contributed by atoms with Crippen LogP contribution in [0.5, 0.6) is 0 Å². The molecule has 3 N–H and O–H groups in total. The molecule has 0 aliphatic carbocycles. The van der Waals surface area contributed by atoms with E-state index in [0.717, 1.165) is 0 Å². The van der Waals surface area contributed by atoms with Crippen LogP contribution in [-0.4, -0.2) is 49.5 Å². The fourth-order valence-corrected chi connectivity index (χ4v) is 1.60. The first-order valence-corrected chi connectivity index (χ1v) is 5.44. The molecule has 0 unspecified atom stereocenters. The van der Waals surface area contributed by atoms with Gasteiger partial charge in [0.25, 0.3) is 0 Å². The van der Waals surface area contributed by atoms with E-state index in [1.165, 1.54) is 0 Å². The van der Waals surface area contributed by atoms with Crippen molar-refractivity contribution in [3.8, 4) is 0 Å². The summed E-state index contributed by atoms with van der Waals surface area (Å²) < 4.78 is 5.16. The van der Waals surface area contributed by atoms with Gasteiger partial charge >= 0.3 is 0 Å². The molecule has 0 radical (unpaired) electrons. The predicted molar refractivity (Wildman–Crippen MR) is 56.6 cm³/mol. The molecule has 0 aromatic heterocycles. The van der Waals surface area contributed by atoms with Gasteiger partial charge in [-0.3, -0.25) is 4.79 Å². The van der Waals surface area contributed by atoms with Crippen LogP contribution in [-0.2, 0) is 9.53 Å². The first-order chi connectivity index (χ1) is 7.16. The SMILES string of the molecule is CCNC(=O)CNCC1(O)CCOCC1. The first kappa shape index (κ1) is 12.4. The molecule has 15 heavy (non-hydrogen) atoms. The lowest BCUT2D eigenvalue weighted by Crippen LogP contribution is -2.47. The summed E-state index contributed by atoms with van der Waals surface area (Å²) in [7, 11) is 0. The summed E-state index contributed by atoms with van der Waals surface area (Å²) in [6, 6.07) is 0. The Morgan fingerprint density at radius 1 is 1.47 bits per heavy atom. The normalized spacial score (nSPS) is 19.9. The number of ether oxygens (including phenoxy) is 1. The topological polar surface area (TPSA) is 70.6 Å². The largest absolute Gasteiger partial charge is 0.388 e. The highest BCUT2D eigenvalue weighted by Crippen LogP contribution is 2.18. The van der Waals surface area contributed by atoms with Gasteiger partial charge in [0, 0.05) is 39.1 Å². The van der Waals surface area contributed by atoms with E-state index in [9.17, 15) is 9.90 Å². The van der Waals surface area contributed by atoms with Crippen molar-refractivity contribution in [1.29, 1.82) is 0 Å². The lowest BCUT2D eigenvalue weighted by molar-refractivity contribution is -0.120. The predicted octanol–water partition coefficient (Wildman–Crippen LogP) is -0.746. The zero-order valence-electron chi connectivity index (χ0n) is 9.21. The van der Waals surface area contributed by atoms with E-state index in [4.69, 9.17) is 4.74 Å². The van der Waals surface area contributed by atoms with Crippen LogP contribution in [0.15, 0.2) is 0 Å². The van der Waals surface area contributed by atoms with Gasteiger partial charge in [-0.15, -0.1) is 0 Å². The highest BCUT2D eigenvalue weighted by Gasteiger charge is 2.29. The van der Waals surface area contributed by atoms with Crippen molar-refractivity contribution >= 4 is 5.91 Å². The second kappa shape index (κ2) is 6.05. The van der Waals surface area contributed by atoms with Crippen LogP contribution in [0.3, 0.4) is 0 Å². The molecule has 0 aromatic carbocycles. The van der Waals surface area contributed by atoms with Crippen molar-refractivity contribution in [3.63, 3.8) is 0 Å². The maximum Gasteiger partial charge on any atom is 0.233 e. The molecule has 1 aliphatic heterocycles. The smallest absolute Gasteiger partial charge is 0.233 e. The molecule has 1 saturated heterocycles. The maximum atomic E-state index is 11.1. The minimum atomic E-state index is -0.704. The van der Waals surface area contributed by atoms with Gasteiger partial charge in [-0.05, 0) is 6.92 Å². The molecule has 0 atom stereocenters. The molecule has 1 fully saturated rings. The van der Waals surface area contributed by atoms with Crippen molar-refractivity contribution < 1.29 is 14.6 Å². The van der Waals surface area contributed by atoms with E-state index in [-0.39, 0.29) is 12.5 Å². The van der Waals surface area contributed by atoms with Crippen LogP contribution >= 0.6 is 0 Å². The van der Waals surface area contributed by atoms with Crippen LogP contribution in [0.1, 0.15) is 19.8 Å². The van der Waals surface area contributed by atoms with Gasteiger partial charge in [-0.25, -0.2) is 0 Å². The molecule has 0 aromatic rings. The van der Waals surface area contributed by atoms with Crippen molar-refractivity contribution in [2.24, 2.45) is 0 Å². The van der Waals surface area contributed by atoms with Crippen LogP contribution in [0, 0.1) is 0 Å². The molecule has 0 spiro atoms. The molecule has 0 saturated carbocycles. The summed E-state index contributed by atoms with van der Waals surface area (Å²) in [5.41, 5.74) is -0.704. The Morgan fingerprint density at radius 3 is 2.73 bits per heavy atom. The fraction of sp³-hybridized carbons (Fsp3) is 0.900. The Balaban J connectivity index is 2.15. The Morgan fingerprint density at radius 2 is 2.13 bits per heavy atom. The maximum absolute atomic E-state index is 11.1. The number of likely N-dealkylation sites (N-methyl/N-ethyl adjacent to an activating group) is 1. The van der Waals surface area contributed by atoms with E-state index in [0.29, 0.717) is 39.1 Å². The zero-order valence-corrected chi connectivity index (χ0v) is 9.21. The summed E-state index contributed by atoms with van der Waals surface area (Å²) in [5, 5.41) is 15.7. The fourth-order valence-electron chi connectivity index (χ4n) is 1.60. The van der Waals surface area contributed by atoms with Gasteiger partial charge in [0.2, 0.25) is 5.91 Å². The van der Waals surface area contributed by atoms with E-state index in [2.05, 4.69) is 10.6 Å². The van der Waals surface area contributed by atoms with Crippen molar-refractivity contribution in [2.45, 2.75) is 25.4 Å². The number of carbonyl (C=O) groups excluding carboxylic acids is 1. The van der Waals surface area contributed by atoms with Gasteiger partial charge in [0.1, 0.15) is 0 Å². The number of hydrogen-bond acceptors (Lipinski definition) is 4. The van der Waals surface area contributed by atoms with Gasteiger partial charge in [0.05, 0.1) is 12.1 Å². The second-order valence-electron chi connectivity index (χ2n) is 3.89. The Hall–Kier alpha value is -0.650. The summed E-state index contributed by atoms with van der Waals surface area (Å²) in [4.78, 5) is 11.1. The molecule has 1 heterocycles. The zero-order chi connectivity index (χ0) is 11.1. The van der Waals surface area contributed by atoms with Crippen LogP contribution in [0.2, 0.25) is 0 Å². The number of amides is 1. The van der Waals surface area contributed by atoms with Crippen LogP contribution < -0.4 is 10.6 Å². The molecule has 5 heteroatoms. The first-order valence-electron chi connectivity index (χ1n) is 5.44. The molecule has 88 valence electrons. The highest BCUT2D eigenvalue weighted by molar-refractivity contribution is 5.77. The van der Waals surface area contributed by atoms with E-state index in [1.54, 1.807) is 0 Å². The third-order valence-electron chi connectivity index (χ3n) is 2.54. The summed E-state index contributed by atoms with van der Waals surface area (Å²) in [6.07, 6.45) is 1.27. The van der Waals surface area contributed by atoms with Gasteiger partial charge in [-0.2, -0.15) is 0 Å². The quantitative estimate of drug-likeness (QED) is 0.566. The monoisotopic (exact) mass is 216 g/mol. The standard InChI is InChI=1S/C10H20N2O3/c1-2-12-9(13)7-11-8-10(14)3-5-15-6-4-10/h11,14H,2-8H2,1H3,(H,12,13). The van der Waals surface area contributed by atoms with Crippen LogP contribution in [0.4, 0.5) is 0 Å². The van der Waals surface area contributed by atoms with Gasteiger partial charge < -0.3 is 20.5 Å². The third-order valence-corrected chi connectivity index (χ3v) is 2.54. The highest BCUT2D eigenvalue weighted by atomic mass is 16.5. The number of aliphatic hydroxyl groups is 1. The number of rotatable bonds is 5. The minimum absolute atomic E-state index is 0.0341. The molecule has 1 amide bonds. The van der Waals surface area contributed by atoms with Crippen molar-refractivity contribution in [2.75, 3.05) is 32.8 Å². The lowest BCUT2D eigenvalue weighted by atomic mass is 9.94. The van der Waals surface area contributed by atoms with Crippen molar-refractivity contribution in [1.82, 2.24) is 10.6 Å². The molecule has 0 bridgehead atoms. The van der Waals surface area contributed by atoms with E-state index in [1.807, 2.05) is 6.92 Å². The minimum Gasteiger partial charge on any atom is -0.388 e. The third kappa shape index (κ3) is 4.59. The van der Waals surface area contributed by atoms with Crippen molar-refractivity contribution in [3.05, 3.63) is 0 Å². The van der Waals surface area contributed by atoms with Crippen LogP contribution in [0.25, 0.3) is 0 Å². The average molecular weight is 216 g/mol. The number of carbonyl (C=O) groups is 1. The molecule has 5 nitrogen and oxygen atoms in total. The molecular weight excluding hydrogens is 196 g/mol.